The van der Waals surface area contributed by atoms with Crippen LogP contribution in [0.1, 0.15) is 0 Å². The summed E-state index contributed by atoms with van der Waals surface area (Å²) in [7, 11) is 0. The van der Waals surface area contributed by atoms with Gasteiger partial charge >= 0.3 is 0 Å². The molecule has 2 fully saturated rings. The van der Waals surface area contributed by atoms with E-state index in [1.165, 1.54) is 11.8 Å². The maximum Gasteiger partial charge on any atom is 0.253 e. The third-order valence-electron chi connectivity index (χ3n) is 3.85. The van der Waals surface area contributed by atoms with Crippen LogP contribution in [0.3, 0.4) is 0 Å². The molecule has 126 valence electrons. The first-order valence-electron chi connectivity index (χ1n) is 7.48. The second kappa shape index (κ2) is 7.78. The maximum atomic E-state index is 12.6. The molecule has 0 aliphatic carbocycles. The van der Waals surface area contributed by atoms with Gasteiger partial charge in [0.25, 0.3) is 5.91 Å². The summed E-state index contributed by atoms with van der Waals surface area (Å²) < 4.78 is 11.8. The molecular weight excluding hydrogens is 384 g/mol. The Morgan fingerprint density at radius 2 is 2.13 bits per heavy atom. The van der Waals surface area contributed by atoms with Gasteiger partial charge in [-0.3, -0.25) is 4.79 Å². The van der Waals surface area contributed by atoms with E-state index in [2.05, 4.69) is 30.8 Å². The lowest BCUT2D eigenvalue weighted by atomic mass is 10.2. The first-order chi connectivity index (χ1) is 11.2. The van der Waals surface area contributed by atoms with E-state index in [-0.39, 0.29) is 5.91 Å². The van der Waals surface area contributed by atoms with Crippen molar-refractivity contribution in [2.45, 2.75) is 11.3 Å². The van der Waals surface area contributed by atoms with Gasteiger partial charge in [0.15, 0.2) is 11.3 Å². The number of nitrogens with zero attached hydrogens (tertiary/aromatic N) is 4. The van der Waals surface area contributed by atoms with Gasteiger partial charge in [0, 0.05) is 25.8 Å². The van der Waals surface area contributed by atoms with Crippen LogP contribution in [0.2, 0.25) is 0 Å². The number of thioether (sulfide) groups is 1. The molecule has 1 atom stereocenters. The third-order valence-corrected chi connectivity index (χ3v) is 4.97. The van der Waals surface area contributed by atoms with Gasteiger partial charge in [-0.25, -0.2) is 9.97 Å². The van der Waals surface area contributed by atoms with Gasteiger partial charge in [-0.1, -0.05) is 11.8 Å². The average molecular weight is 403 g/mol. The van der Waals surface area contributed by atoms with Crippen LogP contribution in [0.4, 0.5) is 5.82 Å². The van der Waals surface area contributed by atoms with E-state index in [0.29, 0.717) is 51.2 Å². The maximum absolute atomic E-state index is 12.6. The standard InChI is InChI=1S/C14H19BrN4O3S/c1-23-14-16-8-10(15)12(17-14)19-4-7-22-11(9-19)13(20)18-2-5-21-6-3-18/h8,11H,2-7,9H2,1H3. The second-order valence-electron chi connectivity index (χ2n) is 5.27. The molecule has 2 aliphatic rings. The Morgan fingerprint density at radius 1 is 1.35 bits per heavy atom. The average Bonchev–Trinajstić information content (AvgIpc) is 2.62. The smallest absolute Gasteiger partial charge is 0.253 e. The van der Waals surface area contributed by atoms with Gasteiger partial charge in [-0.15, -0.1) is 0 Å². The highest BCUT2D eigenvalue weighted by molar-refractivity contribution is 9.10. The fourth-order valence-corrected chi connectivity index (χ4v) is 3.42. The molecule has 3 rings (SSSR count). The molecule has 2 saturated heterocycles. The summed E-state index contributed by atoms with van der Waals surface area (Å²) >= 11 is 5.00. The predicted molar refractivity (Wildman–Crippen MR) is 90.9 cm³/mol. The lowest BCUT2D eigenvalue weighted by molar-refractivity contribution is -0.148. The summed E-state index contributed by atoms with van der Waals surface area (Å²) in [5, 5.41) is 0.714. The number of aromatic nitrogens is 2. The van der Waals surface area contributed by atoms with Gasteiger partial charge in [-0.05, 0) is 22.2 Å². The van der Waals surface area contributed by atoms with E-state index in [0.717, 1.165) is 10.3 Å². The first kappa shape index (κ1) is 16.9. The van der Waals surface area contributed by atoms with Crippen molar-refractivity contribution >= 4 is 39.4 Å². The van der Waals surface area contributed by atoms with Crippen molar-refractivity contribution in [3.8, 4) is 0 Å². The number of anilines is 1. The normalized spacial score (nSPS) is 22.3. The van der Waals surface area contributed by atoms with Gasteiger partial charge in [0.2, 0.25) is 0 Å². The molecule has 7 nitrogen and oxygen atoms in total. The minimum atomic E-state index is -0.457. The van der Waals surface area contributed by atoms with Crippen LogP contribution < -0.4 is 4.90 Å². The van der Waals surface area contributed by atoms with E-state index >= 15 is 0 Å². The zero-order chi connectivity index (χ0) is 16.2. The lowest BCUT2D eigenvalue weighted by Crippen LogP contribution is -2.53. The summed E-state index contributed by atoms with van der Waals surface area (Å²) in [6, 6.07) is 0. The topological polar surface area (TPSA) is 67.8 Å². The summed E-state index contributed by atoms with van der Waals surface area (Å²) in [4.78, 5) is 25.3. The molecule has 9 heteroatoms. The van der Waals surface area contributed by atoms with Crippen LogP contribution in [-0.4, -0.2) is 79.1 Å². The number of carbonyl (C=O) groups excluding carboxylic acids is 1. The monoisotopic (exact) mass is 402 g/mol. The fourth-order valence-electron chi connectivity index (χ4n) is 2.64. The Bertz CT molecular complexity index is 571. The highest BCUT2D eigenvalue weighted by Gasteiger charge is 2.32. The molecule has 0 bridgehead atoms. The van der Waals surface area contributed by atoms with Crippen LogP contribution in [0, 0.1) is 0 Å². The van der Waals surface area contributed by atoms with Gasteiger partial charge in [-0.2, -0.15) is 0 Å². The van der Waals surface area contributed by atoms with Crippen molar-refractivity contribution in [3.63, 3.8) is 0 Å². The van der Waals surface area contributed by atoms with Crippen LogP contribution in [0.15, 0.2) is 15.8 Å². The fraction of sp³-hybridized carbons (Fsp3) is 0.643. The van der Waals surface area contributed by atoms with Crippen molar-refractivity contribution < 1.29 is 14.3 Å². The number of hydrogen-bond acceptors (Lipinski definition) is 7. The number of halogens is 1. The van der Waals surface area contributed by atoms with E-state index in [9.17, 15) is 4.79 Å². The predicted octanol–water partition coefficient (Wildman–Crippen LogP) is 1.02. The largest absolute Gasteiger partial charge is 0.378 e. The Morgan fingerprint density at radius 3 is 2.87 bits per heavy atom. The van der Waals surface area contributed by atoms with Crippen molar-refractivity contribution in [3.05, 3.63) is 10.7 Å². The van der Waals surface area contributed by atoms with Crippen LogP contribution in [-0.2, 0) is 14.3 Å². The molecule has 1 amide bonds. The number of morpholine rings is 2. The first-order valence-corrected chi connectivity index (χ1v) is 9.50. The molecule has 1 aromatic heterocycles. The van der Waals surface area contributed by atoms with Crippen molar-refractivity contribution in [1.29, 1.82) is 0 Å². The quantitative estimate of drug-likeness (QED) is 0.552. The summed E-state index contributed by atoms with van der Waals surface area (Å²) in [6.07, 6.45) is 3.24. The van der Waals surface area contributed by atoms with Crippen molar-refractivity contribution in [2.24, 2.45) is 0 Å². The lowest BCUT2D eigenvalue weighted by Gasteiger charge is -2.36. The zero-order valence-electron chi connectivity index (χ0n) is 12.9. The van der Waals surface area contributed by atoms with E-state index in [1.54, 1.807) is 6.20 Å². The summed E-state index contributed by atoms with van der Waals surface area (Å²) in [6.45, 7) is 4.16. The Labute approximate surface area is 147 Å². The van der Waals surface area contributed by atoms with Crippen LogP contribution >= 0.6 is 27.7 Å². The highest BCUT2D eigenvalue weighted by atomic mass is 79.9. The molecule has 0 spiro atoms. The van der Waals surface area contributed by atoms with Crippen LogP contribution in [0.25, 0.3) is 0 Å². The number of hydrogen-bond donors (Lipinski definition) is 0. The zero-order valence-corrected chi connectivity index (χ0v) is 15.3. The van der Waals surface area contributed by atoms with Crippen molar-refractivity contribution in [2.75, 3.05) is 57.2 Å². The SMILES string of the molecule is CSc1ncc(Br)c(N2CCOC(C(=O)N3CCOCC3)C2)n1. The minimum Gasteiger partial charge on any atom is -0.378 e. The van der Waals surface area contributed by atoms with Crippen molar-refractivity contribution in [1.82, 2.24) is 14.9 Å². The summed E-state index contributed by atoms with van der Waals surface area (Å²) in [5.41, 5.74) is 0. The Kier molecular flexibility index (Phi) is 5.73. The molecular formula is C14H19BrN4O3S. The van der Waals surface area contributed by atoms with E-state index < -0.39 is 6.10 Å². The minimum absolute atomic E-state index is 0.0354. The highest BCUT2D eigenvalue weighted by Crippen LogP contribution is 2.27. The molecule has 0 aromatic carbocycles. The molecule has 1 unspecified atom stereocenters. The molecule has 2 aliphatic heterocycles. The molecule has 1 aromatic rings. The van der Waals surface area contributed by atoms with Gasteiger partial charge in [0.05, 0.1) is 30.8 Å². The second-order valence-corrected chi connectivity index (χ2v) is 6.90. The molecule has 3 heterocycles. The molecule has 23 heavy (non-hydrogen) atoms. The van der Waals surface area contributed by atoms with Gasteiger partial charge in [0.1, 0.15) is 5.82 Å². The number of carbonyl (C=O) groups is 1. The van der Waals surface area contributed by atoms with E-state index in [4.69, 9.17) is 9.47 Å². The third kappa shape index (κ3) is 3.96. The summed E-state index contributed by atoms with van der Waals surface area (Å²) in [5.74, 6) is 0.848. The number of rotatable bonds is 3. The van der Waals surface area contributed by atoms with E-state index in [1.807, 2.05) is 11.2 Å². The number of amides is 1. The van der Waals surface area contributed by atoms with Crippen LogP contribution in [0.5, 0.6) is 0 Å². The molecule has 0 N–H and O–H groups in total. The Balaban J connectivity index is 1.71. The Hall–Kier alpha value is -0.900. The number of ether oxygens (including phenoxy) is 2. The molecule has 0 saturated carbocycles. The molecule has 0 radical (unpaired) electrons. The van der Waals surface area contributed by atoms with Gasteiger partial charge < -0.3 is 19.3 Å².